The summed E-state index contributed by atoms with van der Waals surface area (Å²) in [6, 6.07) is 5.11. The number of carbonyl (C=O) groups excluding carboxylic acids is 1. The second-order valence-corrected chi connectivity index (χ2v) is 2.58. The van der Waals surface area contributed by atoms with Gasteiger partial charge in [-0.25, -0.2) is 0 Å². The van der Waals surface area contributed by atoms with Crippen molar-refractivity contribution in [3.8, 4) is 0 Å². The minimum atomic E-state index is 0.568. The zero-order valence-electron chi connectivity index (χ0n) is 6.10. The maximum absolute atomic E-state index is 10.3. The summed E-state index contributed by atoms with van der Waals surface area (Å²) in [6.45, 7) is 0. The van der Waals surface area contributed by atoms with Gasteiger partial charge in [0.05, 0.1) is 0 Å². The van der Waals surface area contributed by atoms with Gasteiger partial charge < -0.3 is 5.32 Å². The van der Waals surface area contributed by atoms with Crippen molar-refractivity contribution in [1.82, 2.24) is 0 Å². The Bertz CT molecular complexity index is 273. The summed E-state index contributed by atoms with van der Waals surface area (Å²) in [5, 5.41) is 3.47. The average Bonchev–Trinajstić information content (AvgIpc) is 2.03. The third-order valence-electron chi connectivity index (χ3n) is 1.34. The molecular formula is C8H8ClNO. The Morgan fingerprint density at radius 1 is 1.45 bits per heavy atom. The van der Waals surface area contributed by atoms with E-state index in [2.05, 4.69) is 5.32 Å². The molecule has 0 amide bonds. The van der Waals surface area contributed by atoms with Gasteiger partial charge in [-0.3, -0.25) is 4.79 Å². The Kier molecular flexibility index (Phi) is 2.49. The van der Waals surface area contributed by atoms with Crippen LogP contribution in [0, 0.1) is 0 Å². The van der Waals surface area contributed by atoms with Gasteiger partial charge >= 0.3 is 0 Å². The van der Waals surface area contributed by atoms with E-state index in [0.717, 1.165) is 12.0 Å². The number of aldehydes is 1. The number of nitrogens with one attached hydrogen (secondary N) is 1. The fraction of sp³-hybridized carbons (Fsp3) is 0.125. The normalized spacial score (nSPS) is 9.27. The molecule has 0 saturated heterocycles. The van der Waals surface area contributed by atoms with Crippen LogP contribution in [0.25, 0.3) is 0 Å². The van der Waals surface area contributed by atoms with Crippen LogP contribution in [0.3, 0.4) is 0 Å². The average molecular weight is 170 g/mol. The number of halogens is 1. The predicted octanol–water partition coefficient (Wildman–Crippen LogP) is 2.19. The van der Waals surface area contributed by atoms with E-state index in [1.54, 1.807) is 25.2 Å². The van der Waals surface area contributed by atoms with Crippen LogP contribution in [0.2, 0.25) is 5.02 Å². The standard InChI is InChI=1S/C8H8ClNO/c1-10-8-3-6(5-11)2-7(9)4-8/h2-5,10H,1H3. The van der Waals surface area contributed by atoms with Crippen LogP contribution < -0.4 is 5.32 Å². The first-order valence-corrected chi connectivity index (χ1v) is 3.57. The smallest absolute Gasteiger partial charge is 0.150 e. The van der Waals surface area contributed by atoms with Crippen molar-refractivity contribution < 1.29 is 4.79 Å². The monoisotopic (exact) mass is 169 g/mol. The minimum Gasteiger partial charge on any atom is -0.388 e. The summed E-state index contributed by atoms with van der Waals surface area (Å²) < 4.78 is 0. The second kappa shape index (κ2) is 3.39. The van der Waals surface area contributed by atoms with Crippen LogP contribution in [0.1, 0.15) is 10.4 Å². The number of carbonyl (C=O) groups is 1. The molecule has 0 unspecified atom stereocenters. The van der Waals surface area contributed by atoms with Gasteiger partial charge in [0, 0.05) is 23.3 Å². The van der Waals surface area contributed by atoms with Crippen LogP contribution in [-0.4, -0.2) is 13.3 Å². The molecule has 0 atom stereocenters. The van der Waals surface area contributed by atoms with Crippen LogP contribution >= 0.6 is 11.6 Å². The first kappa shape index (κ1) is 8.08. The summed E-state index contributed by atoms with van der Waals surface area (Å²) in [7, 11) is 1.78. The highest BCUT2D eigenvalue weighted by Crippen LogP contribution is 2.17. The largest absolute Gasteiger partial charge is 0.388 e. The summed E-state index contributed by atoms with van der Waals surface area (Å²) in [5.41, 5.74) is 1.43. The SMILES string of the molecule is CNc1cc(Cl)cc(C=O)c1. The van der Waals surface area contributed by atoms with E-state index in [-0.39, 0.29) is 0 Å². The lowest BCUT2D eigenvalue weighted by Gasteiger charge is -2.00. The molecule has 0 aliphatic heterocycles. The molecule has 11 heavy (non-hydrogen) atoms. The summed E-state index contributed by atoms with van der Waals surface area (Å²) in [4.78, 5) is 10.3. The van der Waals surface area contributed by atoms with Crippen molar-refractivity contribution in [3.63, 3.8) is 0 Å². The molecule has 1 rings (SSSR count). The van der Waals surface area contributed by atoms with Gasteiger partial charge in [0.1, 0.15) is 6.29 Å². The predicted molar refractivity (Wildman–Crippen MR) is 46.4 cm³/mol. The molecule has 1 N–H and O–H groups in total. The molecule has 0 saturated carbocycles. The number of hydrogen-bond acceptors (Lipinski definition) is 2. The third-order valence-corrected chi connectivity index (χ3v) is 1.56. The van der Waals surface area contributed by atoms with Gasteiger partial charge in [-0.05, 0) is 18.2 Å². The molecule has 0 aliphatic rings. The molecule has 1 aromatic carbocycles. The fourth-order valence-electron chi connectivity index (χ4n) is 0.825. The van der Waals surface area contributed by atoms with E-state index in [0.29, 0.717) is 10.6 Å². The molecule has 2 nitrogen and oxygen atoms in total. The number of benzene rings is 1. The Morgan fingerprint density at radius 2 is 2.18 bits per heavy atom. The van der Waals surface area contributed by atoms with Gasteiger partial charge in [-0.2, -0.15) is 0 Å². The van der Waals surface area contributed by atoms with Crippen molar-refractivity contribution in [1.29, 1.82) is 0 Å². The van der Waals surface area contributed by atoms with Crippen molar-refractivity contribution in [2.75, 3.05) is 12.4 Å². The molecule has 3 heteroatoms. The number of hydrogen-bond donors (Lipinski definition) is 1. The lowest BCUT2D eigenvalue weighted by Crippen LogP contribution is -1.89. The van der Waals surface area contributed by atoms with Crippen LogP contribution in [0.4, 0.5) is 5.69 Å². The molecule has 0 spiro atoms. The van der Waals surface area contributed by atoms with Crippen molar-refractivity contribution in [2.24, 2.45) is 0 Å². The van der Waals surface area contributed by atoms with E-state index < -0.39 is 0 Å². The fourth-order valence-corrected chi connectivity index (χ4v) is 1.07. The van der Waals surface area contributed by atoms with E-state index >= 15 is 0 Å². The molecule has 0 fully saturated rings. The van der Waals surface area contributed by atoms with E-state index in [9.17, 15) is 4.79 Å². The zero-order valence-corrected chi connectivity index (χ0v) is 6.85. The van der Waals surface area contributed by atoms with Crippen molar-refractivity contribution in [2.45, 2.75) is 0 Å². The van der Waals surface area contributed by atoms with Gasteiger partial charge in [-0.1, -0.05) is 11.6 Å². The van der Waals surface area contributed by atoms with Crippen molar-refractivity contribution >= 4 is 23.6 Å². The molecule has 1 aromatic rings. The van der Waals surface area contributed by atoms with Gasteiger partial charge in [0.2, 0.25) is 0 Å². The molecular weight excluding hydrogens is 162 g/mol. The molecule has 0 aromatic heterocycles. The highest BCUT2D eigenvalue weighted by atomic mass is 35.5. The zero-order chi connectivity index (χ0) is 8.27. The van der Waals surface area contributed by atoms with Crippen LogP contribution in [-0.2, 0) is 0 Å². The van der Waals surface area contributed by atoms with Gasteiger partial charge in [0.25, 0.3) is 0 Å². The Balaban J connectivity index is 3.11. The topological polar surface area (TPSA) is 29.1 Å². The first-order valence-electron chi connectivity index (χ1n) is 3.20. The van der Waals surface area contributed by atoms with Crippen LogP contribution in [0.5, 0.6) is 0 Å². The lowest BCUT2D eigenvalue weighted by atomic mass is 10.2. The summed E-state index contributed by atoms with van der Waals surface area (Å²) in [5.74, 6) is 0. The number of rotatable bonds is 2. The lowest BCUT2D eigenvalue weighted by molar-refractivity contribution is 0.112. The van der Waals surface area contributed by atoms with Gasteiger partial charge in [-0.15, -0.1) is 0 Å². The molecule has 0 bridgehead atoms. The van der Waals surface area contributed by atoms with E-state index in [4.69, 9.17) is 11.6 Å². The third kappa shape index (κ3) is 1.95. The van der Waals surface area contributed by atoms with E-state index in [1.807, 2.05) is 0 Å². The molecule has 58 valence electrons. The number of anilines is 1. The minimum absolute atomic E-state index is 0.568. The van der Waals surface area contributed by atoms with Gasteiger partial charge in [0.15, 0.2) is 0 Å². The summed E-state index contributed by atoms with van der Waals surface area (Å²) >= 11 is 5.71. The first-order chi connectivity index (χ1) is 5.26. The van der Waals surface area contributed by atoms with Crippen LogP contribution in [0.15, 0.2) is 18.2 Å². The Labute approximate surface area is 70.2 Å². The highest BCUT2D eigenvalue weighted by molar-refractivity contribution is 6.31. The Hall–Kier alpha value is -1.02. The highest BCUT2D eigenvalue weighted by Gasteiger charge is 1.95. The van der Waals surface area contributed by atoms with Crippen molar-refractivity contribution in [3.05, 3.63) is 28.8 Å². The summed E-state index contributed by atoms with van der Waals surface area (Å²) in [6.07, 6.45) is 0.771. The second-order valence-electron chi connectivity index (χ2n) is 2.14. The molecule has 0 heterocycles. The quantitative estimate of drug-likeness (QED) is 0.688. The molecule has 0 aliphatic carbocycles. The maximum Gasteiger partial charge on any atom is 0.150 e. The van der Waals surface area contributed by atoms with E-state index in [1.165, 1.54) is 0 Å². The maximum atomic E-state index is 10.3. The molecule has 0 radical (unpaired) electrons. The Morgan fingerprint density at radius 3 is 2.73 bits per heavy atom.